The second-order valence-electron chi connectivity index (χ2n) is 5.91. The Labute approximate surface area is 150 Å². The average molecular weight is 363 g/mol. The van der Waals surface area contributed by atoms with Gasteiger partial charge in [0.2, 0.25) is 0 Å². The van der Waals surface area contributed by atoms with Crippen molar-refractivity contribution >= 4 is 29.9 Å². The molecule has 0 radical (unpaired) electrons. The largest absolute Gasteiger partial charge is 0.493 e. The number of carbonyl (C=O) groups excluding carboxylic acids is 1. The van der Waals surface area contributed by atoms with Crippen LogP contribution < -0.4 is 10.5 Å². The van der Waals surface area contributed by atoms with E-state index in [0.717, 1.165) is 12.8 Å². The molecule has 0 saturated carbocycles. The molecule has 1 unspecified atom stereocenters. The first kappa shape index (κ1) is 22.0. The molecule has 0 saturated heterocycles. The fourth-order valence-electron chi connectivity index (χ4n) is 1.99. The van der Waals surface area contributed by atoms with E-state index in [1.807, 2.05) is 6.92 Å². The quantitative estimate of drug-likeness (QED) is 0.760. The molecule has 0 fully saturated rings. The van der Waals surface area contributed by atoms with Crippen LogP contribution >= 0.6 is 24.0 Å². The highest BCUT2D eigenvalue weighted by Gasteiger charge is 2.18. The fraction of sp³-hybridized carbons (Fsp3) is 0.588. The van der Waals surface area contributed by atoms with Crippen LogP contribution in [0.1, 0.15) is 44.0 Å². The molecular formula is C17H28Cl2N2O2. The minimum Gasteiger partial charge on any atom is -0.493 e. The summed E-state index contributed by atoms with van der Waals surface area (Å²) in [6.45, 7) is 7.37. The van der Waals surface area contributed by atoms with Crippen LogP contribution in [0.2, 0.25) is 5.02 Å². The van der Waals surface area contributed by atoms with Gasteiger partial charge in [-0.1, -0.05) is 32.4 Å². The minimum atomic E-state index is -0.0930. The van der Waals surface area contributed by atoms with Gasteiger partial charge in [-0.3, -0.25) is 4.79 Å². The molecule has 1 aromatic rings. The van der Waals surface area contributed by atoms with Crippen LogP contribution in [0.15, 0.2) is 18.2 Å². The van der Waals surface area contributed by atoms with E-state index < -0.39 is 0 Å². The van der Waals surface area contributed by atoms with Gasteiger partial charge in [0.05, 0.1) is 12.2 Å². The Balaban J connectivity index is 0.00000484. The molecule has 1 rings (SSSR count). The minimum absolute atomic E-state index is 0. The first-order valence-corrected chi connectivity index (χ1v) is 8.18. The predicted octanol–water partition coefficient (Wildman–Crippen LogP) is 4.00. The second-order valence-corrected chi connectivity index (χ2v) is 6.35. The maximum absolute atomic E-state index is 12.6. The zero-order chi connectivity index (χ0) is 16.7. The summed E-state index contributed by atoms with van der Waals surface area (Å²) in [5, 5.41) is 0.527. The first-order chi connectivity index (χ1) is 10.4. The van der Waals surface area contributed by atoms with Crippen molar-refractivity contribution in [1.29, 1.82) is 0 Å². The monoisotopic (exact) mass is 362 g/mol. The smallest absolute Gasteiger partial charge is 0.257 e. The normalized spacial score (nSPS) is 11.8. The highest BCUT2D eigenvalue weighted by Crippen LogP contribution is 2.24. The Morgan fingerprint density at radius 1 is 1.39 bits per heavy atom. The van der Waals surface area contributed by atoms with Crippen molar-refractivity contribution in [2.24, 2.45) is 11.7 Å². The summed E-state index contributed by atoms with van der Waals surface area (Å²) in [7, 11) is 1.78. The standard InChI is InChI=1S/C17H27ClN2O2.ClH/c1-5-10-22-16-7-6-13(18)11-14(16)17(21)20(4)9-8-15(19)12(2)3;/h6-7,11-12,15H,5,8-10,19H2,1-4H3;1H. The summed E-state index contributed by atoms with van der Waals surface area (Å²) in [4.78, 5) is 14.3. The molecule has 4 nitrogen and oxygen atoms in total. The van der Waals surface area contributed by atoms with Gasteiger partial charge in [0.15, 0.2) is 0 Å². The highest BCUT2D eigenvalue weighted by molar-refractivity contribution is 6.31. The van der Waals surface area contributed by atoms with Crippen molar-refractivity contribution in [1.82, 2.24) is 4.90 Å². The lowest BCUT2D eigenvalue weighted by atomic mass is 10.0. The number of hydrogen-bond acceptors (Lipinski definition) is 3. The van der Waals surface area contributed by atoms with Crippen LogP contribution in [0.3, 0.4) is 0 Å². The number of hydrogen-bond donors (Lipinski definition) is 1. The molecule has 0 aliphatic carbocycles. The fourth-order valence-corrected chi connectivity index (χ4v) is 2.16. The van der Waals surface area contributed by atoms with E-state index in [1.165, 1.54) is 0 Å². The zero-order valence-corrected chi connectivity index (χ0v) is 15.9. The SMILES string of the molecule is CCCOc1ccc(Cl)cc1C(=O)N(C)CCC(N)C(C)C.Cl. The Morgan fingerprint density at radius 3 is 2.61 bits per heavy atom. The maximum Gasteiger partial charge on any atom is 0.257 e. The van der Waals surface area contributed by atoms with Gasteiger partial charge < -0.3 is 15.4 Å². The van der Waals surface area contributed by atoms with Gasteiger partial charge in [-0.2, -0.15) is 0 Å². The lowest BCUT2D eigenvalue weighted by Crippen LogP contribution is -2.34. The molecule has 23 heavy (non-hydrogen) atoms. The third-order valence-electron chi connectivity index (χ3n) is 3.63. The van der Waals surface area contributed by atoms with Gasteiger partial charge in [-0.15, -0.1) is 12.4 Å². The highest BCUT2D eigenvalue weighted by atomic mass is 35.5. The van der Waals surface area contributed by atoms with Crippen molar-refractivity contribution in [3.8, 4) is 5.75 Å². The van der Waals surface area contributed by atoms with E-state index in [1.54, 1.807) is 30.1 Å². The van der Waals surface area contributed by atoms with Gasteiger partial charge in [0.25, 0.3) is 5.91 Å². The molecule has 6 heteroatoms. The van der Waals surface area contributed by atoms with Crippen LogP contribution in [-0.4, -0.2) is 37.0 Å². The van der Waals surface area contributed by atoms with Crippen LogP contribution in [-0.2, 0) is 0 Å². The number of carbonyl (C=O) groups is 1. The van der Waals surface area contributed by atoms with Gasteiger partial charge >= 0.3 is 0 Å². The van der Waals surface area contributed by atoms with Crippen molar-refractivity contribution in [3.05, 3.63) is 28.8 Å². The number of amides is 1. The number of nitrogens with two attached hydrogens (primary N) is 1. The molecule has 0 heterocycles. The third kappa shape index (κ3) is 6.98. The summed E-state index contributed by atoms with van der Waals surface area (Å²) >= 11 is 6.02. The Hall–Kier alpha value is -0.970. The van der Waals surface area contributed by atoms with E-state index in [-0.39, 0.29) is 24.4 Å². The summed E-state index contributed by atoms with van der Waals surface area (Å²) < 4.78 is 5.65. The van der Waals surface area contributed by atoms with Crippen LogP contribution in [0.4, 0.5) is 0 Å². The van der Waals surface area contributed by atoms with Crippen LogP contribution in [0.25, 0.3) is 0 Å². The lowest BCUT2D eigenvalue weighted by Gasteiger charge is -2.22. The van der Waals surface area contributed by atoms with Gasteiger partial charge in [-0.05, 0) is 37.0 Å². The van der Waals surface area contributed by atoms with E-state index in [2.05, 4.69) is 13.8 Å². The molecule has 132 valence electrons. The van der Waals surface area contributed by atoms with E-state index in [9.17, 15) is 4.79 Å². The molecule has 2 N–H and O–H groups in total. The number of nitrogens with zero attached hydrogens (tertiary/aromatic N) is 1. The van der Waals surface area contributed by atoms with E-state index >= 15 is 0 Å². The summed E-state index contributed by atoms with van der Waals surface area (Å²) in [5.74, 6) is 0.888. The molecular weight excluding hydrogens is 335 g/mol. The summed E-state index contributed by atoms with van der Waals surface area (Å²) in [5.41, 5.74) is 6.54. The summed E-state index contributed by atoms with van der Waals surface area (Å²) in [6.07, 6.45) is 1.65. The molecule has 0 aromatic heterocycles. The average Bonchev–Trinajstić information content (AvgIpc) is 2.49. The third-order valence-corrected chi connectivity index (χ3v) is 3.87. The van der Waals surface area contributed by atoms with Crippen molar-refractivity contribution in [2.75, 3.05) is 20.2 Å². The van der Waals surface area contributed by atoms with E-state index in [4.69, 9.17) is 22.1 Å². The van der Waals surface area contributed by atoms with Crippen molar-refractivity contribution < 1.29 is 9.53 Å². The van der Waals surface area contributed by atoms with Crippen LogP contribution in [0, 0.1) is 5.92 Å². The van der Waals surface area contributed by atoms with E-state index in [0.29, 0.717) is 35.4 Å². The molecule has 1 amide bonds. The zero-order valence-electron chi connectivity index (χ0n) is 14.3. The Bertz CT molecular complexity index is 495. The number of rotatable bonds is 8. The molecule has 0 bridgehead atoms. The van der Waals surface area contributed by atoms with Gasteiger partial charge in [-0.25, -0.2) is 0 Å². The number of halogens is 2. The van der Waals surface area contributed by atoms with Gasteiger partial charge in [0.1, 0.15) is 5.75 Å². The number of benzene rings is 1. The first-order valence-electron chi connectivity index (χ1n) is 7.80. The molecule has 1 atom stereocenters. The van der Waals surface area contributed by atoms with Crippen molar-refractivity contribution in [2.45, 2.75) is 39.7 Å². The molecule has 0 aliphatic rings. The molecule has 0 aliphatic heterocycles. The Morgan fingerprint density at radius 2 is 2.04 bits per heavy atom. The Kier molecular flexibility index (Phi) is 10.3. The predicted molar refractivity (Wildman–Crippen MR) is 98.9 cm³/mol. The van der Waals surface area contributed by atoms with Crippen LogP contribution in [0.5, 0.6) is 5.75 Å². The number of ether oxygens (including phenoxy) is 1. The molecule has 1 aromatic carbocycles. The summed E-state index contributed by atoms with van der Waals surface area (Å²) in [6, 6.07) is 5.23. The second kappa shape index (κ2) is 10.7. The van der Waals surface area contributed by atoms with Gasteiger partial charge in [0, 0.05) is 24.7 Å². The maximum atomic E-state index is 12.6. The van der Waals surface area contributed by atoms with Crippen molar-refractivity contribution in [3.63, 3.8) is 0 Å². The topological polar surface area (TPSA) is 55.6 Å². The lowest BCUT2D eigenvalue weighted by molar-refractivity contribution is 0.0784. The molecule has 0 spiro atoms.